The van der Waals surface area contributed by atoms with Crippen LogP contribution in [0.4, 0.5) is 11.4 Å². The zero-order valence-electron chi connectivity index (χ0n) is 16.1. The van der Waals surface area contributed by atoms with E-state index in [-0.39, 0.29) is 23.7 Å². The number of hydrogen-bond acceptors (Lipinski definition) is 5. The predicted octanol–water partition coefficient (Wildman–Crippen LogP) is 4.26. The van der Waals surface area contributed by atoms with Gasteiger partial charge in [0.15, 0.2) is 0 Å². The molecular formula is C21H22N4O3. The topological polar surface area (TPSA) is 97.1 Å². The van der Waals surface area contributed by atoms with Crippen LogP contribution < -0.4 is 10.6 Å². The standard InChI is InChI=1S/C21H22N4O3/c1-11(2)17-10-16(18-12(3)25-28-21(18)24-17)20(27)23-15-8-6-14(7-9-15)22-19(26)13-4-5-13/h6-11,13H,4-5H2,1-3H3,(H,22,26)(H,23,27). The van der Waals surface area contributed by atoms with Crippen LogP contribution in [0.5, 0.6) is 0 Å². The molecule has 4 rings (SSSR count). The van der Waals surface area contributed by atoms with E-state index in [1.807, 2.05) is 13.8 Å². The van der Waals surface area contributed by atoms with Crippen LogP contribution in [0.25, 0.3) is 11.1 Å². The normalized spacial score (nSPS) is 13.7. The molecule has 7 nitrogen and oxygen atoms in total. The van der Waals surface area contributed by atoms with E-state index in [9.17, 15) is 9.59 Å². The Kier molecular flexibility index (Phi) is 4.58. The van der Waals surface area contributed by atoms with Crippen molar-refractivity contribution in [1.29, 1.82) is 0 Å². The molecule has 1 aliphatic carbocycles. The Labute approximate surface area is 162 Å². The number of amides is 2. The minimum atomic E-state index is -0.254. The highest BCUT2D eigenvalue weighted by Gasteiger charge is 2.29. The Hall–Kier alpha value is -3.22. The summed E-state index contributed by atoms with van der Waals surface area (Å²) in [7, 11) is 0. The first kappa shape index (κ1) is 18.2. The minimum Gasteiger partial charge on any atom is -0.336 e. The highest BCUT2D eigenvalue weighted by molar-refractivity contribution is 6.12. The fourth-order valence-electron chi connectivity index (χ4n) is 3.01. The van der Waals surface area contributed by atoms with Crippen molar-refractivity contribution in [1.82, 2.24) is 10.1 Å². The minimum absolute atomic E-state index is 0.0557. The van der Waals surface area contributed by atoms with E-state index in [0.29, 0.717) is 28.0 Å². The van der Waals surface area contributed by atoms with E-state index in [1.54, 1.807) is 37.3 Å². The summed E-state index contributed by atoms with van der Waals surface area (Å²) in [6.07, 6.45) is 1.92. The summed E-state index contributed by atoms with van der Waals surface area (Å²) in [5.74, 6) is 0.0987. The second kappa shape index (κ2) is 7.07. The second-order valence-electron chi connectivity index (χ2n) is 7.49. The fraction of sp³-hybridized carbons (Fsp3) is 0.333. The van der Waals surface area contributed by atoms with Crippen LogP contribution in [-0.4, -0.2) is 22.0 Å². The molecule has 3 aromatic rings. The molecule has 28 heavy (non-hydrogen) atoms. The molecule has 0 unspecified atom stereocenters. The maximum atomic E-state index is 12.9. The van der Waals surface area contributed by atoms with Crippen molar-refractivity contribution < 1.29 is 14.1 Å². The number of carbonyl (C=O) groups excluding carboxylic acids is 2. The summed E-state index contributed by atoms with van der Waals surface area (Å²) < 4.78 is 5.28. The van der Waals surface area contributed by atoms with Gasteiger partial charge < -0.3 is 15.2 Å². The average Bonchev–Trinajstić information content (AvgIpc) is 3.46. The summed E-state index contributed by atoms with van der Waals surface area (Å²) in [4.78, 5) is 29.2. The molecule has 2 N–H and O–H groups in total. The van der Waals surface area contributed by atoms with E-state index < -0.39 is 0 Å². The third kappa shape index (κ3) is 3.60. The molecule has 2 heterocycles. The van der Waals surface area contributed by atoms with Gasteiger partial charge >= 0.3 is 0 Å². The van der Waals surface area contributed by atoms with Crippen molar-refractivity contribution in [2.75, 3.05) is 10.6 Å². The number of anilines is 2. The monoisotopic (exact) mass is 378 g/mol. The molecule has 0 radical (unpaired) electrons. The van der Waals surface area contributed by atoms with Crippen molar-refractivity contribution in [3.05, 3.63) is 47.3 Å². The lowest BCUT2D eigenvalue weighted by molar-refractivity contribution is -0.117. The van der Waals surface area contributed by atoms with Gasteiger partial charge in [-0.05, 0) is 56.0 Å². The van der Waals surface area contributed by atoms with E-state index in [4.69, 9.17) is 4.52 Å². The summed E-state index contributed by atoms with van der Waals surface area (Å²) in [6, 6.07) is 8.88. The molecule has 0 atom stereocenters. The van der Waals surface area contributed by atoms with E-state index in [1.165, 1.54) is 0 Å². The molecule has 1 saturated carbocycles. The second-order valence-corrected chi connectivity index (χ2v) is 7.49. The number of hydrogen-bond donors (Lipinski definition) is 2. The third-order valence-electron chi connectivity index (χ3n) is 4.83. The lowest BCUT2D eigenvalue weighted by Gasteiger charge is -2.10. The first-order valence-corrected chi connectivity index (χ1v) is 9.41. The van der Waals surface area contributed by atoms with Crippen molar-refractivity contribution in [3.8, 4) is 0 Å². The summed E-state index contributed by atoms with van der Waals surface area (Å²) in [5, 5.41) is 10.4. The van der Waals surface area contributed by atoms with Crippen molar-refractivity contribution in [3.63, 3.8) is 0 Å². The number of carbonyl (C=O) groups is 2. The zero-order chi connectivity index (χ0) is 19.8. The molecule has 0 aliphatic heterocycles. The van der Waals surface area contributed by atoms with Crippen LogP contribution in [0, 0.1) is 12.8 Å². The Morgan fingerprint density at radius 2 is 1.75 bits per heavy atom. The fourth-order valence-corrected chi connectivity index (χ4v) is 3.01. The predicted molar refractivity (Wildman–Crippen MR) is 106 cm³/mol. The molecule has 1 aliphatic rings. The highest BCUT2D eigenvalue weighted by Crippen LogP contribution is 2.30. The molecule has 2 amide bonds. The van der Waals surface area contributed by atoms with Gasteiger partial charge in [-0.2, -0.15) is 0 Å². The molecule has 2 aromatic heterocycles. The molecule has 0 spiro atoms. The number of rotatable bonds is 5. The van der Waals surface area contributed by atoms with Crippen LogP contribution in [0.1, 0.15) is 54.4 Å². The van der Waals surface area contributed by atoms with Gasteiger partial charge in [0.25, 0.3) is 11.6 Å². The number of benzene rings is 1. The van der Waals surface area contributed by atoms with Crippen LogP contribution in [-0.2, 0) is 4.79 Å². The number of aryl methyl sites for hydroxylation is 1. The van der Waals surface area contributed by atoms with Gasteiger partial charge in [0.2, 0.25) is 5.91 Å². The molecule has 7 heteroatoms. The van der Waals surface area contributed by atoms with Gasteiger partial charge in [-0.15, -0.1) is 0 Å². The van der Waals surface area contributed by atoms with Crippen LogP contribution >= 0.6 is 0 Å². The van der Waals surface area contributed by atoms with Gasteiger partial charge in [-0.3, -0.25) is 9.59 Å². The van der Waals surface area contributed by atoms with E-state index in [2.05, 4.69) is 20.8 Å². The molecule has 144 valence electrons. The molecular weight excluding hydrogens is 356 g/mol. The van der Waals surface area contributed by atoms with Crippen molar-refractivity contribution in [2.45, 2.75) is 39.5 Å². The van der Waals surface area contributed by atoms with Crippen molar-refractivity contribution in [2.24, 2.45) is 5.92 Å². The van der Waals surface area contributed by atoms with Crippen LogP contribution in [0.3, 0.4) is 0 Å². The summed E-state index contributed by atoms with van der Waals surface area (Å²) in [6.45, 7) is 5.80. The Morgan fingerprint density at radius 1 is 1.11 bits per heavy atom. The third-order valence-corrected chi connectivity index (χ3v) is 4.83. The number of nitrogens with zero attached hydrogens (tertiary/aromatic N) is 2. The van der Waals surface area contributed by atoms with Crippen LogP contribution in [0.2, 0.25) is 0 Å². The lowest BCUT2D eigenvalue weighted by atomic mass is 10.0. The molecule has 1 aromatic carbocycles. The summed E-state index contributed by atoms with van der Waals surface area (Å²) >= 11 is 0. The van der Waals surface area contributed by atoms with E-state index >= 15 is 0 Å². The first-order valence-electron chi connectivity index (χ1n) is 9.41. The zero-order valence-corrected chi connectivity index (χ0v) is 16.1. The smallest absolute Gasteiger partial charge is 0.259 e. The first-order chi connectivity index (χ1) is 13.4. The number of aromatic nitrogens is 2. The Morgan fingerprint density at radius 3 is 2.36 bits per heavy atom. The summed E-state index contributed by atoms with van der Waals surface area (Å²) in [5.41, 5.74) is 3.61. The van der Waals surface area contributed by atoms with Gasteiger partial charge in [0.05, 0.1) is 16.6 Å². The van der Waals surface area contributed by atoms with Gasteiger partial charge in [-0.1, -0.05) is 19.0 Å². The van der Waals surface area contributed by atoms with Gasteiger partial charge in [-0.25, -0.2) is 4.98 Å². The number of pyridine rings is 1. The SMILES string of the molecule is Cc1noc2nc(C(C)C)cc(C(=O)Nc3ccc(NC(=O)C4CC4)cc3)c12. The maximum absolute atomic E-state index is 12.9. The van der Waals surface area contributed by atoms with Crippen molar-refractivity contribution >= 4 is 34.3 Å². The highest BCUT2D eigenvalue weighted by atomic mass is 16.5. The van der Waals surface area contributed by atoms with E-state index in [0.717, 1.165) is 24.2 Å². The van der Waals surface area contributed by atoms with Gasteiger partial charge in [0.1, 0.15) is 0 Å². The number of fused-ring (bicyclic) bond motifs is 1. The quantitative estimate of drug-likeness (QED) is 0.691. The van der Waals surface area contributed by atoms with Crippen LogP contribution in [0.15, 0.2) is 34.9 Å². The average molecular weight is 378 g/mol. The van der Waals surface area contributed by atoms with Gasteiger partial charge in [0, 0.05) is 23.0 Å². The Bertz CT molecular complexity index is 1050. The largest absolute Gasteiger partial charge is 0.336 e. The number of nitrogens with one attached hydrogen (secondary N) is 2. The molecule has 1 fully saturated rings. The molecule has 0 saturated heterocycles. The molecule has 0 bridgehead atoms. The lowest BCUT2D eigenvalue weighted by Crippen LogP contribution is -2.15. The Balaban J connectivity index is 1.56. The maximum Gasteiger partial charge on any atom is 0.259 e.